The second kappa shape index (κ2) is 6.01. The first-order chi connectivity index (χ1) is 9.49. The molecule has 20 heavy (non-hydrogen) atoms. The summed E-state index contributed by atoms with van der Waals surface area (Å²) in [6.45, 7) is 3.55. The third kappa shape index (κ3) is 3.14. The molecule has 1 N–H and O–H groups in total. The van der Waals surface area contributed by atoms with E-state index in [4.69, 9.17) is 4.74 Å². The Morgan fingerprint density at radius 1 is 1.05 bits per heavy atom. The van der Waals surface area contributed by atoms with Gasteiger partial charge in [0.1, 0.15) is 12.2 Å². The van der Waals surface area contributed by atoms with Crippen molar-refractivity contribution in [2.24, 2.45) is 0 Å². The zero-order chi connectivity index (χ0) is 14.7. The predicted octanol–water partition coefficient (Wildman–Crippen LogP) is 3.77. The Morgan fingerprint density at radius 3 is 2.35 bits per heavy atom. The normalized spacial score (nSPS) is 13.8. The molecule has 106 valence electrons. The number of ether oxygens (including phenoxy) is 1. The molecule has 0 spiro atoms. The Labute approximate surface area is 116 Å². The Hall–Kier alpha value is -1.94. The van der Waals surface area contributed by atoms with Gasteiger partial charge in [0.05, 0.1) is 0 Å². The molecule has 2 aromatic carbocycles. The maximum absolute atomic E-state index is 13.5. The van der Waals surface area contributed by atoms with Crippen molar-refractivity contribution in [3.05, 3.63) is 65.2 Å². The van der Waals surface area contributed by atoms with E-state index in [1.54, 1.807) is 19.1 Å². The van der Waals surface area contributed by atoms with Gasteiger partial charge in [0.15, 0.2) is 11.6 Å². The van der Waals surface area contributed by atoms with Gasteiger partial charge in [0, 0.05) is 0 Å². The molecular formula is C16H16F2O2. The molecule has 2 atom stereocenters. The van der Waals surface area contributed by atoms with E-state index in [0.29, 0.717) is 5.56 Å². The van der Waals surface area contributed by atoms with E-state index in [2.05, 4.69) is 0 Å². The summed E-state index contributed by atoms with van der Waals surface area (Å²) in [7, 11) is 0. The third-order valence-electron chi connectivity index (χ3n) is 3.09. The molecule has 2 nitrogen and oxygen atoms in total. The standard InChI is InChI=1S/C16H16F2O2/c1-10-6-8-12(9-7-10)16(19)11(2)20-14-5-3-4-13(17)15(14)18/h3-9,11,16,19H,1-2H3. The number of halogens is 2. The number of hydrogen-bond acceptors (Lipinski definition) is 2. The fourth-order valence-corrected chi connectivity index (χ4v) is 1.87. The average molecular weight is 278 g/mol. The topological polar surface area (TPSA) is 29.5 Å². The number of benzene rings is 2. The minimum atomic E-state index is -1.05. The number of aryl methyl sites for hydroxylation is 1. The molecule has 4 heteroatoms. The summed E-state index contributed by atoms with van der Waals surface area (Å²) in [5.74, 6) is -2.22. The molecule has 0 bridgehead atoms. The summed E-state index contributed by atoms with van der Waals surface area (Å²) < 4.78 is 31.9. The first-order valence-electron chi connectivity index (χ1n) is 6.34. The molecule has 2 unspecified atom stereocenters. The number of hydrogen-bond donors (Lipinski definition) is 1. The highest BCUT2D eigenvalue weighted by Gasteiger charge is 2.20. The van der Waals surface area contributed by atoms with E-state index >= 15 is 0 Å². The van der Waals surface area contributed by atoms with Crippen LogP contribution in [0, 0.1) is 18.6 Å². The van der Waals surface area contributed by atoms with Crippen LogP contribution in [0.4, 0.5) is 8.78 Å². The molecule has 0 radical (unpaired) electrons. The van der Waals surface area contributed by atoms with Crippen LogP contribution in [0.2, 0.25) is 0 Å². The zero-order valence-electron chi connectivity index (χ0n) is 11.3. The maximum atomic E-state index is 13.5. The van der Waals surface area contributed by atoms with Crippen LogP contribution in [0.3, 0.4) is 0 Å². The van der Waals surface area contributed by atoms with Gasteiger partial charge in [-0.05, 0) is 31.5 Å². The van der Waals surface area contributed by atoms with Gasteiger partial charge in [-0.3, -0.25) is 0 Å². The highest BCUT2D eigenvalue weighted by molar-refractivity contribution is 5.27. The summed E-state index contributed by atoms with van der Waals surface area (Å²) >= 11 is 0. The van der Waals surface area contributed by atoms with Crippen LogP contribution in [0.5, 0.6) is 5.75 Å². The van der Waals surface area contributed by atoms with E-state index in [-0.39, 0.29) is 5.75 Å². The molecule has 0 aliphatic rings. The molecule has 0 amide bonds. The van der Waals surface area contributed by atoms with Crippen molar-refractivity contribution in [2.45, 2.75) is 26.1 Å². The molecular weight excluding hydrogens is 262 g/mol. The smallest absolute Gasteiger partial charge is 0.200 e. The lowest BCUT2D eigenvalue weighted by Crippen LogP contribution is -2.22. The SMILES string of the molecule is Cc1ccc(C(O)C(C)Oc2cccc(F)c2F)cc1. The van der Waals surface area contributed by atoms with Gasteiger partial charge in [-0.2, -0.15) is 4.39 Å². The van der Waals surface area contributed by atoms with Crippen molar-refractivity contribution in [2.75, 3.05) is 0 Å². The second-order valence-corrected chi connectivity index (χ2v) is 4.73. The summed E-state index contributed by atoms with van der Waals surface area (Å²) in [5.41, 5.74) is 1.74. The van der Waals surface area contributed by atoms with Crippen LogP contribution in [0.25, 0.3) is 0 Å². The number of aliphatic hydroxyl groups is 1. The third-order valence-corrected chi connectivity index (χ3v) is 3.09. The van der Waals surface area contributed by atoms with Crippen molar-refractivity contribution < 1.29 is 18.6 Å². The highest BCUT2D eigenvalue weighted by Crippen LogP contribution is 2.25. The lowest BCUT2D eigenvalue weighted by Gasteiger charge is -2.21. The van der Waals surface area contributed by atoms with Crippen molar-refractivity contribution in [1.29, 1.82) is 0 Å². The van der Waals surface area contributed by atoms with Gasteiger partial charge < -0.3 is 9.84 Å². The van der Waals surface area contributed by atoms with Crippen molar-refractivity contribution in [1.82, 2.24) is 0 Å². The van der Waals surface area contributed by atoms with Crippen LogP contribution in [0.15, 0.2) is 42.5 Å². The van der Waals surface area contributed by atoms with E-state index in [1.807, 2.05) is 19.1 Å². The number of aliphatic hydroxyl groups excluding tert-OH is 1. The first-order valence-corrected chi connectivity index (χ1v) is 6.34. The molecule has 0 fully saturated rings. The van der Waals surface area contributed by atoms with Gasteiger partial charge in [-0.15, -0.1) is 0 Å². The van der Waals surface area contributed by atoms with Gasteiger partial charge in [-0.25, -0.2) is 4.39 Å². The second-order valence-electron chi connectivity index (χ2n) is 4.73. The Kier molecular flexibility index (Phi) is 4.35. The van der Waals surface area contributed by atoms with Crippen LogP contribution in [-0.2, 0) is 0 Å². The predicted molar refractivity (Wildman–Crippen MR) is 72.6 cm³/mol. The minimum Gasteiger partial charge on any atom is -0.484 e. The molecule has 0 aliphatic carbocycles. The lowest BCUT2D eigenvalue weighted by atomic mass is 10.0. The van der Waals surface area contributed by atoms with Crippen LogP contribution in [0.1, 0.15) is 24.2 Å². The Morgan fingerprint density at radius 2 is 1.70 bits per heavy atom. The monoisotopic (exact) mass is 278 g/mol. The summed E-state index contributed by atoms with van der Waals surface area (Å²) in [6, 6.07) is 11.0. The molecule has 0 aromatic heterocycles. The maximum Gasteiger partial charge on any atom is 0.200 e. The molecule has 0 saturated heterocycles. The summed E-state index contributed by atoms with van der Waals surface area (Å²) in [4.78, 5) is 0. The van der Waals surface area contributed by atoms with Crippen molar-refractivity contribution in [3.8, 4) is 5.75 Å². The lowest BCUT2D eigenvalue weighted by molar-refractivity contribution is 0.0439. The van der Waals surface area contributed by atoms with E-state index in [1.165, 1.54) is 12.1 Å². The van der Waals surface area contributed by atoms with E-state index in [9.17, 15) is 13.9 Å². The van der Waals surface area contributed by atoms with Gasteiger partial charge in [0.2, 0.25) is 5.82 Å². The van der Waals surface area contributed by atoms with E-state index in [0.717, 1.165) is 11.6 Å². The van der Waals surface area contributed by atoms with Gasteiger partial charge in [-0.1, -0.05) is 35.9 Å². The van der Waals surface area contributed by atoms with Crippen LogP contribution >= 0.6 is 0 Å². The van der Waals surface area contributed by atoms with Gasteiger partial charge in [0.25, 0.3) is 0 Å². The van der Waals surface area contributed by atoms with Crippen molar-refractivity contribution in [3.63, 3.8) is 0 Å². The van der Waals surface area contributed by atoms with Crippen molar-refractivity contribution >= 4 is 0 Å². The molecule has 0 heterocycles. The largest absolute Gasteiger partial charge is 0.484 e. The number of rotatable bonds is 4. The molecule has 0 saturated carbocycles. The van der Waals surface area contributed by atoms with Crippen LogP contribution < -0.4 is 4.74 Å². The van der Waals surface area contributed by atoms with Crippen LogP contribution in [-0.4, -0.2) is 11.2 Å². The quantitative estimate of drug-likeness (QED) is 0.922. The van der Waals surface area contributed by atoms with E-state index < -0.39 is 23.8 Å². The Bertz CT molecular complexity index is 582. The van der Waals surface area contributed by atoms with Gasteiger partial charge >= 0.3 is 0 Å². The first kappa shape index (κ1) is 14.5. The average Bonchev–Trinajstić information content (AvgIpc) is 2.44. The zero-order valence-corrected chi connectivity index (χ0v) is 11.3. The fourth-order valence-electron chi connectivity index (χ4n) is 1.87. The Balaban J connectivity index is 2.13. The fraction of sp³-hybridized carbons (Fsp3) is 0.250. The minimum absolute atomic E-state index is 0.205. The molecule has 0 aliphatic heterocycles. The molecule has 2 rings (SSSR count). The summed E-state index contributed by atoms with van der Waals surface area (Å²) in [5, 5.41) is 10.2. The highest BCUT2D eigenvalue weighted by atomic mass is 19.2. The molecule has 2 aromatic rings. The summed E-state index contributed by atoms with van der Waals surface area (Å²) in [6.07, 6.45) is -1.62.